The van der Waals surface area contributed by atoms with Gasteiger partial charge in [-0.2, -0.15) is 0 Å². The van der Waals surface area contributed by atoms with Crippen molar-refractivity contribution in [1.29, 1.82) is 0 Å². The van der Waals surface area contributed by atoms with Crippen molar-refractivity contribution >= 4 is 22.2 Å². The highest BCUT2D eigenvalue weighted by atomic mass is 79.9. The van der Waals surface area contributed by atoms with Crippen molar-refractivity contribution in [2.75, 3.05) is 6.67 Å². The molecule has 0 aromatic heterocycles. The van der Waals surface area contributed by atoms with Gasteiger partial charge < -0.3 is 3.83 Å². The molecule has 0 aliphatic rings. The van der Waals surface area contributed by atoms with E-state index in [0.717, 1.165) is 12.8 Å². The molecule has 10 heavy (non-hydrogen) atoms. The van der Waals surface area contributed by atoms with Gasteiger partial charge in [0, 0.05) is 6.92 Å². The van der Waals surface area contributed by atoms with Crippen molar-refractivity contribution in [3.63, 3.8) is 0 Å². The van der Waals surface area contributed by atoms with Crippen LogP contribution >= 0.6 is 16.3 Å². The first-order valence-corrected chi connectivity index (χ1v) is 3.68. The third-order valence-electron chi connectivity index (χ3n) is 0.596. The van der Waals surface area contributed by atoms with Crippen LogP contribution in [0, 0.1) is 0 Å². The summed E-state index contributed by atoms with van der Waals surface area (Å²) >= 11 is 2.46. The maximum atomic E-state index is 11.0. The van der Waals surface area contributed by atoms with E-state index in [9.17, 15) is 9.18 Å². The molecule has 2 nitrogen and oxygen atoms in total. The van der Waals surface area contributed by atoms with E-state index in [0.29, 0.717) is 0 Å². The molecule has 62 valence electrons. The Balaban J connectivity index is 0. The fraction of sp³-hybridized carbons (Fsp3) is 0.833. The van der Waals surface area contributed by atoms with Gasteiger partial charge in [0.2, 0.25) is 0 Å². The van der Waals surface area contributed by atoms with Gasteiger partial charge in [-0.3, -0.25) is 9.18 Å². The minimum Gasteiger partial charge on any atom is -0.384 e. The Labute approximate surface area is 69.2 Å². The van der Waals surface area contributed by atoms with Crippen LogP contribution in [-0.2, 0) is 8.62 Å². The largest absolute Gasteiger partial charge is 0.384 e. The average molecular weight is 215 g/mol. The van der Waals surface area contributed by atoms with Crippen LogP contribution in [0.3, 0.4) is 0 Å². The first-order chi connectivity index (χ1) is 4.68. The summed E-state index contributed by atoms with van der Waals surface area (Å²) in [5, 5.41) is 0. The number of carbonyl (C=O) groups excluding carboxylic acids is 1. The second-order valence-electron chi connectivity index (χ2n) is 1.61. The molecule has 0 fully saturated rings. The average Bonchev–Trinajstić information content (AvgIpc) is 1.91. The molecule has 0 bridgehead atoms. The highest BCUT2D eigenvalue weighted by molar-refractivity contribution is 9.06. The van der Waals surface area contributed by atoms with Crippen molar-refractivity contribution in [3.8, 4) is 0 Å². The molecule has 4 heteroatoms. The Bertz CT molecular complexity index is 76.1. The number of unbranched alkanes of at least 4 members (excludes halogenated alkanes) is 1. The van der Waals surface area contributed by atoms with Crippen LogP contribution in [0.1, 0.15) is 26.7 Å². The molecule has 0 radical (unpaired) electrons. The molecule has 0 N–H and O–H groups in total. The maximum absolute atomic E-state index is 11.0. The van der Waals surface area contributed by atoms with Crippen molar-refractivity contribution in [2.24, 2.45) is 0 Å². The fourth-order valence-electron chi connectivity index (χ4n) is 0.134. The molecule has 0 amide bonds. The summed E-state index contributed by atoms with van der Waals surface area (Å²) in [6.07, 6.45) is 1.69. The third-order valence-corrected chi connectivity index (χ3v) is 1.05. The van der Waals surface area contributed by atoms with E-state index < -0.39 is 0 Å². The summed E-state index contributed by atoms with van der Waals surface area (Å²) in [7, 11) is 0. The van der Waals surface area contributed by atoms with Crippen LogP contribution in [-0.4, -0.2) is 12.6 Å². The van der Waals surface area contributed by atoms with Crippen LogP contribution in [0.4, 0.5) is 4.39 Å². The van der Waals surface area contributed by atoms with Crippen LogP contribution in [0.15, 0.2) is 0 Å². The number of alkyl halides is 1. The number of rotatable bonds is 2. The predicted molar refractivity (Wildman–Crippen MR) is 41.6 cm³/mol. The quantitative estimate of drug-likeness (QED) is 0.707. The van der Waals surface area contributed by atoms with Crippen LogP contribution < -0.4 is 0 Å². The van der Waals surface area contributed by atoms with E-state index in [2.05, 4.69) is 20.1 Å². The Morgan fingerprint density at radius 1 is 1.70 bits per heavy atom. The van der Waals surface area contributed by atoms with E-state index in [1.54, 1.807) is 0 Å². The zero-order valence-electron chi connectivity index (χ0n) is 6.19. The van der Waals surface area contributed by atoms with Crippen LogP contribution in [0.5, 0.6) is 0 Å². The van der Waals surface area contributed by atoms with E-state index in [1.165, 1.54) is 6.92 Å². The SMILES string of the molecule is CC(=O)OBr.CCCCF. The molecule has 0 atom stereocenters. The molecule has 0 aromatic rings. The van der Waals surface area contributed by atoms with Gasteiger partial charge in [0.15, 0.2) is 16.3 Å². The van der Waals surface area contributed by atoms with Gasteiger partial charge in [0.25, 0.3) is 0 Å². The van der Waals surface area contributed by atoms with Gasteiger partial charge in [-0.25, -0.2) is 0 Å². The first kappa shape index (κ1) is 12.5. The summed E-state index contributed by atoms with van der Waals surface area (Å²) in [6, 6.07) is 0. The monoisotopic (exact) mass is 214 g/mol. The normalized spacial score (nSPS) is 7.60. The first-order valence-electron chi connectivity index (χ1n) is 3.04. The summed E-state index contributed by atoms with van der Waals surface area (Å²) < 4.78 is 14.9. The van der Waals surface area contributed by atoms with Gasteiger partial charge in [-0.15, -0.1) is 0 Å². The van der Waals surface area contributed by atoms with Crippen LogP contribution in [0.2, 0.25) is 0 Å². The predicted octanol–water partition coefficient (Wildman–Crippen LogP) is 2.62. The van der Waals surface area contributed by atoms with Crippen molar-refractivity contribution in [3.05, 3.63) is 0 Å². The fourth-order valence-corrected chi connectivity index (χ4v) is 0.134. The molecule has 0 aliphatic heterocycles. The lowest BCUT2D eigenvalue weighted by molar-refractivity contribution is -0.129. The highest BCUT2D eigenvalue weighted by Gasteiger charge is 1.78. The number of halogens is 2. The van der Waals surface area contributed by atoms with Crippen molar-refractivity contribution in [2.45, 2.75) is 26.7 Å². The smallest absolute Gasteiger partial charge is 0.314 e. The molecule has 0 rings (SSSR count). The Morgan fingerprint density at radius 3 is 2.10 bits per heavy atom. The number of hydrogen-bond acceptors (Lipinski definition) is 2. The van der Waals surface area contributed by atoms with E-state index in [1.807, 2.05) is 6.92 Å². The summed E-state index contributed by atoms with van der Waals surface area (Å²) in [6.45, 7) is 3.13. The van der Waals surface area contributed by atoms with Gasteiger partial charge in [-0.05, 0) is 6.42 Å². The Morgan fingerprint density at radius 2 is 2.10 bits per heavy atom. The molecule has 0 unspecified atom stereocenters. The molecule has 0 heterocycles. The number of carbonyl (C=O) groups is 1. The molecule has 0 saturated carbocycles. The van der Waals surface area contributed by atoms with Crippen LogP contribution in [0.25, 0.3) is 0 Å². The third kappa shape index (κ3) is 24.8. The lowest BCUT2D eigenvalue weighted by Crippen LogP contribution is -1.82. The van der Waals surface area contributed by atoms with Gasteiger partial charge >= 0.3 is 5.97 Å². The zero-order valence-corrected chi connectivity index (χ0v) is 7.78. The van der Waals surface area contributed by atoms with E-state index >= 15 is 0 Å². The lowest BCUT2D eigenvalue weighted by atomic mass is 10.4. The van der Waals surface area contributed by atoms with E-state index in [4.69, 9.17) is 0 Å². The second-order valence-corrected chi connectivity index (χ2v) is 1.94. The summed E-state index contributed by atoms with van der Waals surface area (Å²) in [4.78, 5) is 9.54. The van der Waals surface area contributed by atoms with Gasteiger partial charge in [0.1, 0.15) is 0 Å². The molecule has 0 spiro atoms. The zero-order chi connectivity index (χ0) is 8.41. The standard InChI is InChI=1S/C4H9F.C2H3BrO2/c1-2-3-4-5;1-2(4)5-3/h2-4H2,1H3;1H3. The van der Waals surface area contributed by atoms with Gasteiger partial charge in [-0.1, -0.05) is 13.3 Å². The molecule has 0 saturated heterocycles. The summed E-state index contributed by atoms with van der Waals surface area (Å²) in [5.41, 5.74) is 0. The van der Waals surface area contributed by atoms with Gasteiger partial charge in [0.05, 0.1) is 6.67 Å². The summed E-state index contributed by atoms with van der Waals surface area (Å²) in [5.74, 6) is -0.329. The topological polar surface area (TPSA) is 26.3 Å². The maximum Gasteiger partial charge on any atom is 0.314 e. The molecule has 0 aliphatic carbocycles. The molecule has 0 aromatic carbocycles. The molecular weight excluding hydrogens is 203 g/mol. The second kappa shape index (κ2) is 11.6. The minimum atomic E-state index is -0.329. The van der Waals surface area contributed by atoms with Crippen molar-refractivity contribution in [1.82, 2.24) is 0 Å². The minimum absolute atomic E-state index is 0.156. The Kier molecular flexibility index (Phi) is 14.6. The lowest BCUT2D eigenvalue weighted by Gasteiger charge is -1.76. The van der Waals surface area contributed by atoms with Crippen molar-refractivity contribution < 1.29 is 13.0 Å². The van der Waals surface area contributed by atoms with E-state index in [-0.39, 0.29) is 12.6 Å². The Hall–Kier alpha value is -0.120. The highest BCUT2D eigenvalue weighted by Crippen LogP contribution is 1.83. The molecular formula is C6H12BrFO2. The number of hydrogen-bond donors (Lipinski definition) is 0.